The molecule has 2 aliphatic rings. The summed E-state index contributed by atoms with van der Waals surface area (Å²) in [6.45, 7) is 1.90. The molecule has 4 nitrogen and oxygen atoms in total. The van der Waals surface area contributed by atoms with Crippen molar-refractivity contribution in [2.45, 2.75) is 70.8 Å². The molecule has 1 aromatic rings. The number of unbranched alkanes of at least 4 members (excludes halogenated alkanes) is 2. The molecule has 0 saturated heterocycles. The lowest BCUT2D eigenvalue weighted by atomic mass is 9.76. The Morgan fingerprint density at radius 3 is 2.96 bits per heavy atom. The first kappa shape index (κ1) is 19.9. The predicted octanol–water partition coefficient (Wildman–Crippen LogP) is 4.53. The average Bonchev–Trinajstić information content (AvgIpc) is 3.05. The molecule has 2 aliphatic carbocycles. The minimum absolute atomic E-state index is 0.213. The third-order valence-corrected chi connectivity index (χ3v) is 6.13. The quantitative estimate of drug-likeness (QED) is 0.494. The Morgan fingerprint density at radius 2 is 2.19 bits per heavy atom. The van der Waals surface area contributed by atoms with E-state index in [1.807, 2.05) is 12.1 Å². The Morgan fingerprint density at radius 1 is 1.33 bits per heavy atom. The van der Waals surface area contributed by atoms with Gasteiger partial charge in [-0.1, -0.05) is 50.0 Å². The van der Waals surface area contributed by atoms with E-state index in [2.05, 4.69) is 19.1 Å². The number of carboxylic acids is 1. The molecule has 0 heterocycles. The highest BCUT2D eigenvalue weighted by molar-refractivity contribution is 5.68. The molecule has 1 saturated carbocycles. The number of rotatable bonds is 9. The van der Waals surface area contributed by atoms with E-state index in [0.29, 0.717) is 11.8 Å². The van der Waals surface area contributed by atoms with E-state index in [9.17, 15) is 9.90 Å². The standard InChI is InChI=1S/C23H32O4/c1-2-3-4-7-19(24)12-11-16-9-10-18-14-21-17(13-20(16)18)6-5-8-22(21)27-15-23(25)26/h5-6,8,11,18-20,24H,2-4,7,9-10,12-15H2,1H3,(H,25,26)/b16-11+/t18?,19-,20?/m0/s1. The van der Waals surface area contributed by atoms with E-state index in [4.69, 9.17) is 9.84 Å². The molecule has 0 aliphatic heterocycles. The maximum atomic E-state index is 10.8. The van der Waals surface area contributed by atoms with Crippen LogP contribution in [0.15, 0.2) is 29.8 Å². The van der Waals surface area contributed by atoms with Crippen molar-refractivity contribution in [1.82, 2.24) is 0 Å². The number of aliphatic hydroxyl groups excluding tert-OH is 1. The summed E-state index contributed by atoms with van der Waals surface area (Å²) in [5, 5.41) is 19.1. The van der Waals surface area contributed by atoms with E-state index >= 15 is 0 Å². The molecular weight excluding hydrogens is 340 g/mol. The molecule has 27 heavy (non-hydrogen) atoms. The van der Waals surface area contributed by atoms with Crippen LogP contribution in [0.5, 0.6) is 5.75 Å². The fourth-order valence-electron chi connectivity index (χ4n) is 4.68. The maximum absolute atomic E-state index is 10.8. The van der Waals surface area contributed by atoms with Crippen molar-refractivity contribution in [3.8, 4) is 5.75 Å². The van der Waals surface area contributed by atoms with Crippen LogP contribution in [0.3, 0.4) is 0 Å². The van der Waals surface area contributed by atoms with Crippen molar-refractivity contribution in [1.29, 1.82) is 0 Å². The minimum atomic E-state index is -0.940. The summed E-state index contributed by atoms with van der Waals surface area (Å²) in [7, 11) is 0. The van der Waals surface area contributed by atoms with E-state index in [0.717, 1.165) is 44.3 Å². The lowest BCUT2D eigenvalue weighted by Gasteiger charge is -2.30. The predicted molar refractivity (Wildman–Crippen MR) is 106 cm³/mol. The third-order valence-electron chi connectivity index (χ3n) is 6.13. The van der Waals surface area contributed by atoms with Crippen LogP contribution in [-0.4, -0.2) is 28.9 Å². The number of fused-ring (bicyclic) bond motifs is 2. The second-order valence-corrected chi connectivity index (χ2v) is 8.05. The maximum Gasteiger partial charge on any atom is 0.341 e. The van der Waals surface area contributed by atoms with E-state index in [-0.39, 0.29) is 12.7 Å². The Bertz CT molecular complexity index is 679. The van der Waals surface area contributed by atoms with Gasteiger partial charge in [-0.15, -0.1) is 0 Å². The highest BCUT2D eigenvalue weighted by Gasteiger charge is 2.36. The second kappa shape index (κ2) is 9.41. The summed E-state index contributed by atoms with van der Waals surface area (Å²) in [4.78, 5) is 10.8. The van der Waals surface area contributed by atoms with E-state index < -0.39 is 5.97 Å². The van der Waals surface area contributed by atoms with Crippen LogP contribution in [0, 0.1) is 11.8 Å². The van der Waals surface area contributed by atoms with Crippen LogP contribution in [0.25, 0.3) is 0 Å². The Balaban J connectivity index is 1.64. The van der Waals surface area contributed by atoms with Crippen LogP contribution < -0.4 is 4.74 Å². The van der Waals surface area contributed by atoms with Gasteiger partial charge >= 0.3 is 5.97 Å². The zero-order valence-corrected chi connectivity index (χ0v) is 16.3. The lowest BCUT2D eigenvalue weighted by molar-refractivity contribution is -0.139. The van der Waals surface area contributed by atoms with Gasteiger partial charge in [0.05, 0.1) is 6.10 Å². The van der Waals surface area contributed by atoms with Crippen LogP contribution in [0.1, 0.15) is 63.0 Å². The molecule has 3 rings (SSSR count). The molecule has 2 unspecified atom stereocenters. The summed E-state index contributed by atoms with van der Waals surface area (Å²) in [5.41, 5.74) is 3.99. The Hall–Kier alpha value is -1.81. The highest BCUT2D eigenvalue weighted by atomic mass is 16.5. The summed E-state index contributed by atoms with van der Waals surface area (Å²) in [6, 6.07) is 6.00. The van der Waals surface area contributed by atoms with Crippen LogP contribution >= 0.6 is 0 Å². The number of allylic oxidation sites excluding steroid dienone is 1. The summed E-state index contributed by atoms with van der Waals surface area (Å²) in [6.07, 6.45) is 11.5. The molecule has 2 N–H and O–H groups in total. The van der Waals surface area contributed by atoms with Gasteiger partial charge in [0.2, 0.25) is 0 Å². The first-order valence-electron chi connectivity index (χ1n) is 10.4. The van der Waals surface area contributed by atoms with Crippen molar-refractivity contribution in [2.24, 2.45) is 11.8 Å². The first-order chi connectivity index (χ1) is 13.1. The van der Waals surface area contributed by atoms with Crippen molar-refractivity contribution >= 4 is 5.97 Å². The van der Waals surface area contributed by atoms with E-state index in [1.54, 1.807) is 0 Å². The monoisotopic (exact) mass is 372 g/mol. The fourth-order valence-corrected chi connectivity index (χ4v) is 4.68. The number of benzene rings is 1. The molecule has 0 bridgehead atoms. The molecule has 1 aromatic carbocycles. The van der Waals surface area contributed by atoms with Crippen LogP contribution in [-0.2, 0) is 17.6 Å². The Labute approximate surface area is 162 Å². The van der Waals surface area contributed by atoms with Gasteiger partial charge in [-0.2, -0.15) is 0 Å². The number of hydrogen-bond acceptors (Lipinski definition) is 3. The van der Waals surface area contributed by atoms with E-state index in [1.165, 1.54) is 36.0 Å². The SMILES string of the molecule is CCCCC[C@H](O)C/C=C1\CCC2Cc3c(cccc3OCC(=O)O)CC12. The van der Waals surface area contributed by atoms with Gasteiger partial charge in [-0.3, -0.25) is 0 Å². The van der Waals surface area contributed by atoms with Gasteiger partial charge < -0.3 is 14.9 Å². The Kier molecular flexibility index (Phi) is 6.95. The topological polar surface area (TPSA) is 66.8 Å². The lowest BCUT2D eigenvalue weighted by Crippen LogP contribution is -2.23. The molecule has 0 amide bonds. The van der Waals surface area contributed by atoms with Crippen LogP contribution in [0.2, 0.25) is 0 Å². The smallest absolute Gasteiger partial charge is 0.341 e. The van der Waals surface area contributed by atoms with Gasteiger partial charge in [-0.05, 0) is 67.6 Å². The number of ether oxygens (including phenoxy) is 1. The van der Waals surface area contributed by atoms with Gasteiger partial charge in [-0.25, -0.2) is 4.79 Å². The molecule has 4 heteroatoms. The number of aliphatic carboxylic acids is 1. The first-order valence-corrected chi connectivity index (χ1v) is 10.4. The molecule has 148 valence electrons. The van der Waals surface area contributed by atoms with Gasteiger partial charge in [0.1, 0.15) is 5.75 Å². The molecule has 1 fully saturated rings. The van der Waals surface area contributed by atoms with Crippen molar-refractivity contribution in [2.75, 3.05) is 6.61 Å². The van der Waals surface area contributed by atoms with Crippen LogP contribution in [0.4, 0.5) is 0 Å². The number of carbonyl (C=O) groups is 1. The molecule has 0 aromatic heterocycles. The molecule has 0 radical (unpaired) electrons. The molecular formula is C23H32O4. The largest absolute Gasteiger partial charge is 0.482 e. The normalized spacial score (nSPS) is 23.7. The summed E-state index contributed by atoms with van der Waals surface area (Å²) < 4.78 is 5.52. The average molecular weight is 373 g/mol. The minimum Gasteiger partial charge on any atom is -0.482 e. The number of carboxylic acid groups (broad SMARTS) is 1. The number of hydrogen-bond donors (Lipinski definition) is 2. The fraction of sp³-hybridized carbons (Fsp3) is 0.609. The summed E-state index contributed by atoms with van der Waals surface area (Å²) in [5.74, 6) is 0.965. The van der Waals surface area contributed by atoms with Crippen molar-refractivity contribution < 1.29 is 19.7 Å². The molecule has 3 atom stereocenters. The molecule has 0 spiro atoms. The number of aliphatic hydroxyl groups is 1. The van der Waals surface area contributed by atoms with Gasteiger partial charge in [0, 0.05) is 0 Å². The van der Waals surface area contributed by atoms with Crippen molar-refractivity contribution in [3.63, 3.8) is 0 Å². The zero-order chi connectivity index (χ0) is 19.2. The van der Waals surface area contributed by atoms with Gasteiger partial charge in [0.15, 0.2) is 6.61 Å². The summed E-state index contributed by atoms with van der Waals surface area (Å²) >= 11 is 0. The second-order valence-electron chi connectivity index (χ2n) is 8.05. The third kappa shape index (κ3) is 5.13. The van der Waals surface area contributed by atoms with Gasteiger partial charge in [0.25, 0.3) is 0 Å². The zero-order valence-electron chi connectivity index (χ0n) is 16.3. The highest BCUT2D eigenvalue weighted by Crippen LogP contribution is 2.46. The van der Waals surface area contributed by atoms with Crippen molar-refractivity contribution in [3.05, 3.63) is 41.0 Å².